The molecule has 19 heavy (non-hydrogen) atoms. The van der Waals surface area contributed by atoms with Crippen molar-refractivity contribution in [3.63, 3.8) is 0 Å². The van der Waals surface area contributed by atoms with Gasteiger partial charge < -0.3 is 10.2 Å². The average Bonchev–Trinajstić information content (AvgIpc) is 2.64. The van der Waals surface area contributed by atoms with E-state index in [4.69, 9.17) is 10.2 Å². The van der Waals surface area contributed by atoms with Crippen molar-refractivity contribution in [1.29, 1.82) is 0 Å². The van der Waals surface area contributed by atoms with Gasteiger partial charge in [0.05, 0.1) is 22.6 Å². The van der Waals surface area contributed by atoms with Gasteiger partial charge in [0.2, 0.25) is 0 Å². The second kappa shape index (κ2) is 4.56. The number of nitrogens with zero attached hydrogens (tertiary/aromatic N) is 2. The first-order chi connectivity index (χ1) is 8.93. The lowest BCUT2D eigenvalue weighted by Crippen LogP contribution is -2.08. The molecule has 0 bridgehead atoms. The minimum atomic E-state index is -1.08. The van der Waals surface area contributed by atoms with Crippen LogP contribution in [0.5, 0.6) is 0 Å². The van der Waals surface area contributed by atoms with Crippen molar-refractivity contribution in [1.82, 2.24) is 9.78 Å². The quantitative estimate of drug-likeness (QED) is 0.879. The van der Waals surface area contributed by atoms with E-state index in [1.807, 2.05) is 0 Å². The summed E-state index contributed by atoms with van der Waals surface area (Å²) >= 11 is 0. The minimum Gasteiger partial charge on any atom is -0.478 e. The molecule has 6 heteroatoms. The molecule has 2 rings (SSSR count). The highest BCUT2D eigenvalue weighted by Gasteiger charge is 2.21. The summed E-state index contributed by atoms with van der Waals surface area (Å²) in [5, 5.41) is 22.4. The Bertz CT molecular complexity index is 673. The molecule has 0 fully saturated rings. The zero-order valence-corrected chi connectivity index (χ0v) is 10.4. The SMILES string of the molecule is Cc1nn(-c2ccccc2C(=O)O)c(C)c1C(=O)O. The van der Waals surface area contributed by atoms with Gasteiger partial charge in [-0.25, -0.2) is 14.3 Å². The van der Waals surface area contributed by atoms with Crippen LogP contribution in [0, 0.1) is 13.8 Å². The number of hydrogen-bond donors (Lipinski definition) is 2. The van der Waals surface area contributed by atoms with E-state index < -0.39 is 11.9 Å². The van der Waals surface area contributed by atoms with Gasteiger partial charge in [-0.2, -0.15) is 5.10 Å². The van der Waals surface area contributed by atoms with Crippen molar-refractivity contribution in [3.8, 4) is 5.69 Å². The molecule has 1 heterocycles. The van der Waals surface area contributed by atoms with Crippen LogP contribution in [-0.4, -0.2) is 31.9 Å². The van der Waals surface area contributed by atoms with E-state index in [1.165, 1.54) is 10.7 Å². The molecule has 6 nitrogen and oxygen atoms in total. The maximum absolute atomic E-state index is 11.2. The maximum atomic E-state index is 11.2. The lowest BCUT2D eigenvalue weighted by atomic mass is 10.1. The number of benzene rings is 1. The number of rotatable bonds is 3. The van der Waals surface area contributed by atoms with Crippen LogP contribution >= 0.6 is 0 Å². The molecule has 0 aliphatic rings. The van der Waals surface area contributed by atoms with Crippen LogP contribution in [0.15, 0.2) is 24.3 Å². The molecule has 0 saturated carbocycles. The third-order valence-electron chi connectivity index (χ3n) is 2.87. The molecular weight excluding hydrogens is 248 g/mol. The van der Waals surface area contributed by atoms with E-state index in [-0.39, 0.29) is 11.1 Å². The van der Waals surface area contributed by atoms with Crippen LogP contribution in [-0.2, 0) is 0 Å². The Hall–Kier alpha value is -2.63. The van der Waals surface area contributed by atoms with Gasteiger partial charge in [0.25, 0.3) is 0 Å². The fraction of sp³-hybridized carbons (Fsp3) is 0.154. The van der Waals surface area contributed by atoms with E-state index in [2.05, 4.69) is 5.10 Å². The standard InChI is InChI=1S/C13H12N2O4/c1-7-11(13(18)19)8(2)15(14-7)10-6-4-3-5-9(10)12(16)17/h3-6H,1-2H3,(H,16,17)(H,18,19). The largest absolute Gasteiger partial charge is 0.478 e. The molecular formula is C13H12N2O4. The van der Waals surface area contributed by atoms with Crippen LogP contribution in [0.4, 0.5) is 0 Å². The van der Waals surface area contributed by atoms with Gasteiger partial charge in [-0.1, -0.05) is 12.1 Å². The highest BCUT2D eigenvalue weighted by Crippen LogP contribution is 2.20. The molecule has 0 unspecified atom stereocenters. The van der Waals surface area contributed by atoms with E-state index in [9.17, 15) is 9.59 Å². The lowest BCUT2D eigenvalue weighted by molar-refractivity contribution is 0.0686. The summed E-state index contributed by atoms with van der Waals surface area (Å²) in [4.78, 5) is 22.3. The predicted octanol–water partition coefficient (Wildman–Crippen LogP) is 1.89. The number of aromatic nitrogens is 2. The summed E-state index contributed by atoms with van der Waals surface area (Å²) < 4.78 is 1.35. The molecule has 2 N–H and O–H groups in total. The molecule has 2 aromatic rings. The van der Waals surface area contributed by atoms with Crippen molar-refractivity contribution < 1.29 is 19.8 Å². The third-order valence-corrected chi connectivity index (χ3v) is 2.87. The molecule has 0 saturated heterocycles. The average molecular weight is 260 g/mol. The molecule has 1 aromatic heterocycles. The molecule has 98 valence electrons. The van der Waals surface area contributed by atoms with Crippen molar-refractivity contribution >= 4 is 11.9 Å². The molecule has 0 spiro atoms. The highest BCUT2D eigenvalue weighted by molar-refractivity contribution is 5.93. The smallest absolute Gasteiger partial charge is 0.339 e. The zero-order valence-electron chi connectivity index (χ0n) is 10.4. The van der Waals surface area contributed by atoms with Gasteiger partial charge in [0, 0.05) is 0 Å². The topological polar surface area (TPSA) is 92.4 Å². The molecule has 0 aliphatic heterocycles. The summed E-state index contributed by atoms with van der Waals surface area (Å²) in [6, 6.07) is 6.33. The number of aromatic carboxylic acids is 2. The fourth-order valence-corrected chi connectivity index (χ4v) is 2.03. The third kappa shape index (κ3) is 2.08. The number of hydrogen-bond acceptors (Lipinski definition) is 3. The summed E-state index contributed by atoms with van der Waals surface area (Å²) in [5.74, 6) is -2.16. The Morgan fingerprint density at radius 2 is 1.74 bits per heavy atom. The first kappa shape index (κ1) is 12.8. The normalized spacial score (nSPS) is 10.4. The van der Waals surface area contributed by atoms with Gasteiger partial charge in [-0.15, -0.1) is 0 Å². The highest BCUT2D eigenvalue weighted by atomic mass is 16.4. The van der Waals surface area contributed by atoms with Crippen molar-refractivity contribution in [2.24, 2.45) is 0 Å². The van der Waals surface area contributed by atoms with Gasteiger partial charge >= 0.3 is 11.9 Å². The molecule has 0 amide bonds. The van der Waals surface area contributed by atoms with Crippen molar-refractivity contribution in [3.05, 3.63) is 46.8 Å². The Labute approximate surface area is 108 Å². The summed E-state index contributed by atoms with van der Waals surface area (Å²) in [7, 11) is 0. The lowest BCUT2D eigenvalue weighted by Gasteiger charge is -2.07. The first-order valence-corrected chi connectivity index (χ1v) is 5.55. The number of aryl methyl sites for hydroxylation is 1. The maximum Gasteiger partial charge on any atom is 0.339 e. The van der Waals surface area contributed by atoms with E-state index in [1.54, 1.807) is 32.0 Å². The van der Waals surface area contributed by atoms with E-state index >= 15 is 0 Å². The van der Waals surface area contributed by atoms with E-state index in [0.717, 1.165) is 0 Å². The van der Waals surface area contributed by atoms with Gasteiger partial charge in [-0.3, -0.25) is 0 Å². The first-order valence-electron chi connectivity index (χ1n) is 5.55. The Morgan fingerprint density at radius 3 is 2.26 bits per heavy atom. The number of para-hydroxylation sites is 1. The van der Waals surface area contributed by atoms with Crippen molar-refractivity contribution in [2.45, 2.75) is 13.8 Å². The minimum absolute atomic E-state index is 0.0741. The predicted molar refractivity (Wildman–Crippen MR) is 67.0 cm³/mol. The molecule has 0 aliphatic carbocycles. The fourth-order valence-electron chi connectivity index (χ4n) is 2.03. The number of carbonyl (C=O) groups is 2. The van der Waals surface area contributed by atoms with Gasteiger partial charge in [0.1, 0.15) is 5.56 Å². The Kier molecular flexibility index (Phi) is 3.08. The molecule has 0 radical (unpaired) electrons. The second-order valence-electron chi connectivity index (χ2n) is 4.09. The molecule has 0 atom stereocenters. The van der Waals surface area contributed by atoms with Crippen LogP contribution in [0.25, 0.3) is 5.69 Å². The Morgan fingerprint density at radius 1 is 1.11 bits per heavy atom. The monoisotopic (exact) mass is 260 g/mol. The van der Waals surface area contributed by atoms with Crippen LogP contribution in [0.1, 0.15) is 32.1 Å². The summed E-state index contributed by atoms with van der Waals surface area (Å²) in [5.41, 5.74) is 1.28. The molecule has 1 aromatic carbocycles. The van der Waals surface area contributed by atoms with Crippen LogP contribution in [0.3, 0.4) is 0 Å². The summed E-state index contributed by atoms with van der Waals surface area (Å²) in [6.45, 7) is 3.18. The van der Waals surface area contributed by atoms with Gasteiger partial charge in [-0.05, 0) is 26.0 Å². The van der Waals surface area contributed by atoms with Crippen LogP contribution in [0.2, 0.25) is 0 Å². The number of carboxylic acids is 2. The second-order valence-corrected chi connectivity index (χ2v) is 4.09. The van der Waals surface area contributed by atoms with Gasteiger partial charge in [0.15, 0.2) is 0 Å². The number of carboxylic acid groups (broad SMARTS) is 2. The van der Waals surface area contributed by atoms with Crippen LogP contribution < -0.4 is 0 Å². The van der Waals surface area contributed by atoms with E-state index in [0.29, 0.717) is 17.1 Å². The zero-order chi connectivity index (χ0) is 14.2. The Balaban J connectivity index is 2.70. The van der Waals surface area contributed by atoms with Crippen molar-refractivity contribution in [2.75, 3.05) is 0 Å². The summed E-state index contributed by atoms with van der Waals surface area (Å²) in [6.07, 6.45) is 0.